The zero-order chi connectivity index (χ0) is 15.0. The first-order chi connectivity index (χ1) is 9.49. The van der Waals surface area contributed by atoms with Crippen LogP contribution in [0.3, 0.4) is 0 Å². The molecule has 0 aliphatic carbocycles. The quantitative estimate of drug-likeness (QED) is 0.591. The first-order valence-electron chi connectivity index (χ1n) is 5.90. The van der Waals surface area contributed by atoms with Crippen molar-refractivity contribution in [2.45, 2.75) is 11.8 Å². The van der Waals surface area contributed by atoms with Gasteiger partial charge in [0.25, 0.3) is 0 Å². The van der Waals surface area contributed by atoms with Crippen molar-refractivity contribution in [2.75, 3.05) is 19.6 Å². The molecule has 0 fully saturated rings. The summed E-state index contributed by atoms with van der Waals surface area (Å²) in [6, 6.07) is 1.37. The average Bonchev–Trinajstić information content (AvgIpc) is 2.44. The van der Waals surface area contributed by atoms with Crippen LogP contribution in [-0.4, -0.2) is 38.9 Å². The summed E-state index contributed by atoms with van der Waals surface area (Å²) in [5.74, 6) is 4.90. The Morgan fingerprint density at radius 3 is 2.85 bits per heavy atom. The number of rotatable bonds is 5. The van der Waals surface area contributed by atoms with Gasteiger partial charge in [-0.3, -0.25) is 9.78 Å². The van der Waals surface area contributed by atoms with Gasteiger partial charge in [0, 0.05) is 24.5 Å². The van der Waals surface area contributed by atoms with Crippen LogP contribution < -0.4 is 15.8 Å². The zero-order valence-corrected chi connectivity index (χ0v) is 11.8. The minimum absolute atomic E-state index is 0.0504. The summed E-state index contributed by atoms with van der Waals surface area (Å²) in [6.07, 6.45) is 2.62. The summed E-state index contributed by atoms with van der Waals surface area (Å²) in [5, 5.41) is 2.49. The predicted molar refractivity (Wildman–Crippen MR) is 74.0 cm³/mol. The summed E-state index contributed by atoms with van der Waals surface area (Å²) in [4.78, 5) is 15.0. The highest BCUT2D eigenvalue weighted by atomic mass is 32.2. The van der Waals surface area contributed by atoms with Gasteiger partial charge in [0.2, 0.25) is 15.9 Å². The fourth-order valence-electron chi connectivity index (χ4n) is 1.29. The Morgan fingerprint density at radius 2 is 2.20 bits per heavy atom. The van der Waals surface area contributed by atoms with E-state index in [2.05, 4.69) is 26.9 Å². The maximum absolute atomic E-state index is 12.0. The number of nitrogens with one attached hydrogen (secondary N) is 2. The molecule has 0 bridgehead atoms. The molecule has 0 spiro atoms. The molecule has 1 aromatic rings. The summed E-state index contributed by atoms with van der Waals surface area (Å²) in [5.41, 5.74) is 5.68. The highest BCUT2D eigenvalue weighted by Gasteiger charge is 2.15. The molecule has 1 amide bonds. The van der Waals surface area contributed by atoms with Gasteiger partial charge < -0.3 is 11.1 Å². The van der Waals surface area contributed by atoms with Gasteiger partial charge in [-0.25, -0.2) is 13.1 Å². The lowest BCUT2D eigenvalue weighted by Gasteiger charge is -2.06. The molecule has 0 aromatic carbocycles. The Bertz CT molecular complexity index is 632. The van der Waals surface area contributed by atoms with Crippen LogP contribution in [0.15, 0.2) is 23.4 Å². The molecule has 4 N–H and O–H groups in total. The molecular weight excluding hydrogens is 280 g/mol. The van der Waals surface area contributed by atoms with Crippen molar-refractivity contribution in [3.05, 3.63) is 24.0 Å². The van der Waals surface area contributed by atoms with E-state index in [4.69, 9.17) is 5.73 Å². The number of amides is 1. The van der Waals surface area contributed by atoms with Crippen LogP contribution in [0.25, 0.3) is 0 Å². The highest BCUT2D eigenvalue weighted by Crippen LogP contribution is 2.08. The van der Waals surface area contributed by atoms with Crippen LogP contribution in [0.1, 0.15) is 12.5 Å². The fourth-order valence-corrected chi connectivity index (χ4v) is 2.26. The van der Waals surface area contributed by atoms with E-state index in [1.165, 1.54) is 18.5 Å². The van der Waals surface area contributed by atoms with Crippen LogP contribution >= 0.6 is 0 Å². The number of likely N-dealkylation sites (N-methyl/N-ethyl adjacent to an activating group) is 1. The van der Waals surface area contributed by atoms with Crippen LogP contribution in [-0.2, 0) is 14.8 Å². The number of aromatic nitrogens is 1. The van der Waals surface area contributed by atoms with Gasteiger partial charge >= 0.3 is 0 Å². The van der Waals surface area contributed by atoms with E-state index >= 15 is 0 Å². The van der Waals surface area contributed by atoms with Gasteiger partial charge in [-0.2, -0.15) is 0 Å². The number of pyridine rings is 1. The smallest absolute Gasteiger partial charge is 0.242 e. The molecule has 0 atom stereocenters. The molecule has 1 heterocycles. The number of carbonyl (C=O) groups is 1. The van der Waals surface area contributed by atoms with Gasteiger partial charge in [0.15, 0.2) is 0 Å². The van der Waals surface area contributed by atoms with E-state index in [0.29, 0.717) is 12.1 Å². The third-order valence-corrected chi connectivity index (χ3v) is 3.52. The second kappa shape index (κ2) is 7.59. The lowest BCUT2D eigenvalue weighted by Crippen LogP contribution is -2.36. The third kappa shape index (κ3) is 4.97. The fraction of sp³-hybridized carbons (Fsp3) is 0.333. The first kappa shape index (κ1) is 16.1. The molecule has 7 nitrogen and oxygen atoms in total. The minimum Gasteiger partial charge on any atom is -0.355 e. The van der Waals surface area contributed by atoms with E-state index in [1.54, 1.807) is 6.92 Å². The Morgan fingerprint density at radius 1 is 1.45 bits per heavy atom. The Hall–Kier alpha value is -1.95. The number of hydrogen-bond donors (Lipinski definition) is 3. The number of nitrogens with two attached hydrogens (primary N) is 1. The standard InChI is InChI=1S/C12H16N4O3S/c1-2-15-12(17)9-16-20(18,19)11-6-10(4-3-5-13)7-14-8-11/h6-8,16H,2,5,9,13H2,1H3,(H,15,17). The second-order valence-electron chi connectivity index (χ2n) is 3.69. The molecule has 0 saturated heterocycles. The lowest BCUT2D eigenvalue weighted by atomic mass is 10.3. The van der Waals surface area contributed by atoms with Gasteiger partial charge in [-0.15, -0.1) is 0 Å². The topological polar surface area (TPSA) is 114 Å². The van der Waals surface area contributed by atoms with Crippen LogP contribution in [0, 0.1) is 11.8 Å². The second-order valence-corrected chi connectivity index (χ2v) is 5.46. The van der Waals surface area contributed by atoms with Crippen LogP contribution in [0.5, 0.6) is 0 Å². The molecule has 0 saturated carbocycles. The highest BCUT2D eigenvalue weighted by molar-refractivity contribution is 7.89. The Balaban J connectivity index is 2.84. The van der Waals surface area contributed by atoms with Gasteiger partial charge in [0.1, 0.15) is 4.90 Å². The van der Waals surface area contributed by atoms with E-state index < -0.39 is 15.9 Å². The maximum atomic E-state index is 12.0. The maximum Gasteiger partial charge on any atom is 0.242 e. The third-order valence-electron chi connectivity index (χ3n) is 2.15. The van der Waals surface area contributed by atoms with E-state index in [0.717, 1.165) is 0 Å². The molecule has 108 valence electrons. The molecule has 8 heteroatoms. The molecule has 0 aliphatic heterocycles. The average molecular weight is 296 g/mol. The van der Waals surface area contributed by atoms with Crippen molar-refractivity contribution in [3.8, 4) is 11.8 Å². The van der Waals surface area contributed by atoms with Crippen molar-refractivity contribution in [2.24, 2.45) is 5.73 Å². The van der Waals surface area contributed by atoms with Crippen molar-refractivity contribution >= 4 is 15.9 Å². The molecule has 0 aliphatic rings. The molecule has 1 rings (SSSR count). The van der Waals surface area contributed by atoms with E-state index in [1.807, 2.05) is 0 Å². The number of nitrogens with zero attached hydrogens (tertiary/aromatic N) is 1. The first-order valence-corrected chi connectivity index (χ1v) is 7.38. The molecule has 0 unspecified atom stereocenters. The van der Waals surface area contributed by atoms with Crippen molar-refractivity contribution < 1.29 is 13.2 Å². The number of carbonyl (C=O) groups excluding carboxylic acids is 1. The molecule has 1 aromatic heterocycles. The molecular formula is C12H16N4O3S. The summed E-state index contributed by atoms with van der Waals surface area (Å²) in [7, 11) is -3.79. The normalized spacial score (nSPS) is 10.5. The zero-order valence-electron chi connectivity index (χ0n) is 11.0. The Kier molecular flexibility index (Phi) is 6.11. The van der Waals surface area contributed by atoms with Crippen molar-refractivity contribution in [1.82, 2.24) is 15.0 Å². The van der Waals surface area contributed by atoms with Crippen molar-refractivity contribution in [1.29, 1.82) is 0 Å². The van der Waals surface area contributed by atoms with Crippen LogP contribution in [0.4, 0.5) is 0 Å². The van der Waals surface area contributed by atoms with E-state index in [9.17, 15) is 13.2 Å². The number of sulfonamides is 1. The predicted octanol–water partition coefficient (Wildman–Crippen LogP) is -1.19. The van der Waals surface area contributed by atoms with Crippen LogP contribution in [0.2, 0.25) is 0 Å². The molecule has 0 radical (unpaired) electrons. The summed E-state index contributed by atoms with van der Waals surface area (Å²) >= 11 is 0. The molecule has 20 heavy (non-hydrogen) atoms. The van der Waals surface area contributed by atoms with Gasteiger partial charge in [-0.05, 0) is 13.0 Å². The number of hydrogen-bond acceptors (Lipinski definition) is 5. The monoisotopic (exact) mass is 296 g/mol. The van der Waals surface area contributed by atoms with Gasteiger partial charge in [-0.1, -0.05) is 11.8 Å². The SMILES string of the molecule is CCNC(=O)CNS(=O)(=O)c1cncc(C#CCN)c1. The van der Waals surface area contributed by atoms with E-state index in [-0.39, 0.29) is 18.0 Å². The largest absolute Gasteiger partial charge is 0.355 e. The summed E-state index contributed by atoms with van der Waals surface area (Å²) in [6.45, 7) is 2.03. The lowest BCUT2D eigenvalue weighted by molar-refractivity contribution is -0.119. The van der Waals surface area contributed by atoms with Gasteiger partial charge in [0.05, 0.1) is 13.1 Å². The minimum atomic E-state index is -3.79. The summed E-state index contributed by atoms with van der Waals surface area (Å²) < 4.78 is 26.1. The Labute approximate surface area is 118 Å². The van der Waals surface area contributed by atoms with Crippen molar-refractivity contribution in [3.63, 3.8) is 0 Å².